The number of fused-ring (bicyclic) bond motifs is 4. The fourth-order valence-electron chi connectivity index (χ4n) is 5.01. The molecule has 0 radical (unpaired) electrons. The van der Waals surface area contributed by atoms with E-state index in [0.717, 1.165) is 50.9 Å². The van der Waals surface area contributed by atoms with E-state index in [0.29, 0.717) is 6.42 Å². The summed E-state index contributed by atoms with van der Waals surface area (Å²) in [5, 5.41) is 16.6. The lowest BCUT2D eigenvalue weighted by molar-refractivity contribution is -0.137. The summed E-state index contributed by atoms with van der Waals surface area (Å²) in [6.45, 7) is 0.739. The zero-order chi connectivity index (χ0) is 24.7. The van der Waals surface area contributed by atoms with Crippen LogP contribution in [0.1, 0.15) is 44.9 Å². The van der Waals surface area contributed by atoms with Crippen LogP contribution in [0.2, 0.25) is 0 Å². The Morgan fingerprint density at radius 1 is 0.639 bits per heavy atom. The Morgan fingerprint density at radius 3 is 2.11 bits per heavy atom. The lowest BCUT2D eigenvalue weighted by Crippen LogP contribution is -1.98. The average Bonchev–Trinajstić information content (AvgIpc) is 3.64. The highest BCUT2D eigenvalue weighted by atomic mass is 16.5. The summed E-state index contributed by atoms with van der Waals surface area (Å²) in [6, 6.07) is 31.9. The zero-order valence-corrected chi connectivity index (χ0v) is 20.6. The van der Waals surface area contributed by atoms with Crippen LogP contribution in [-0.4, -0.2) is 17.7 Å². The molecule has 182 valence electrons. The maximum Gasteiger partial charge on any atom is 0.303 e. The van der Waals surface area contributed by atoms with E-state index >= 15 is 0 Å². The molecular formula is C33H32O3. The van der Waals surface area contributed by atoms with Crippen LogP contribution in [0.3, 0.4) is 0 Å². The molecule has 1 N–H and O–H groups in total. The molecule has 0 atom stereocenters. The second-order valence-electron chi connectivity index (χ2n) is 9.47. The molecule has 0 unspecified atom stereocenters. The van der Waals surface area contributed by atoms with Gasteiger partial charge < -0.3 is 9.84 Å². The van der Waals surface area contributed by atoms with E-state index in [9.17, 15) is 4.79 Å². The van der Waals surface area contributed by atoms with Crippen molar-refractivity contribution in [2.75, 3.05) is 6.61 Å². The van der Waals surface area contributed by atoms with Gasteiger partial charge in [0.2, 0.25) is 0 Å². The van der Waals surface area contributed by atoms with Crippen LogP contribution < -0.4 is 4.74 Å². The third-order valence-electron chi connectivity index (χ3n) is 6.89. The van der Waals surface area contributed by atoms with Gasteiger partial charge in [-0.2, -0.15) is 0 Å². The highest BCUT2D eigenvalue weighted by molar-refractivity contribution is 6.29. The van der Waals surface area contributed by atoms with Crippen LogP contribution in [0.15, 0.2) is 91.0 Å². The topological polar surface area (TPSA) is 46.5 Å². The van der Waals surface area contributed by atoms with E-state index in [1.165, 1.54) is 43.4 Å². The second-order valence-corrected chi connectivity index (χ2v) is 9.47. The minimum absolute atomic E-state index is 0.296. The Bertz CT molecular complexity index is 1500. The number of carboxylic acids is 1. The number of benzene rings is 5. The Morgan fingerprint density at radius 2 is 1.28 bits per heavy atom. The number of unbranched alkanes of at least 4 members (excludes halogenated alkanes) is 5. The minimum Gasteiger partial charge on any atom is -0.493 e. The lowest BCUT2D eigenvalue weighted by Gasteiger charge is -2.09. The van der Waals surface area contributed by atoms with Gasteiger partial charge in [-0.05, 0) is 63.0 Å². The number of aliphatic carboxylic acids is 1. The van der Waals surface area contributed by atoms with Crippen molar-refractivity contribution in [3.63, 3.8) is 0 Å². The van der Waals surface area contributed by atoms with Crippen molar-refractivity contribution in [3.8, 4) is 16.9 Å². The summed E-state index contributed by atoms with van der Waals surface area (Å²) in [6.07, 6.45) is 6.54. The predicted octanol–water partition coefficient (Wildman–Crippen LogP) is 9.01. The molecule has 5 aromatic carbocycles. The first-order valence-electron chi connectivity index (χ1n) is 13.0. The summed E-state index contributed by atoms with van der Waals surface area (Å²) in [4.78, 5) is 10.4. The zero-order valence-electron chi connectivity index (χ0n) is 20.6. The van der Waals surface area contributed by atoms with Crippen LogP contribution >= 0.6 is 0 Å². The highest BCUT2D eigenvalue weighted by Gasteiger charge is 2.23. The molecule has 0 spiro atoms. The number of rotatable bonds is 10. The normalized spacial score (nSPS) is 11.3. The monoisotopic (exact) mass is 476 g/mol. The van der Waals surface area contributed by atoms with Gasteiger partial charge in [0, 0.05) is 11.8 Å². The van der Waals surface area contributed by atoms with E-state index in [-0.39, 0.29) is 0 Å². The average molecular weight is 477 g/mol. The van der Waals surface area contributed by atoms with Crippen LogP contribution in [-0.2, 0) is 4.79 Å². The summed E-state index contributed by atoms with van der Waals surface area (Å²) in [5.41, 5.74) is 2.92. The van der Waals surface area contributed by atoms with Gasteiger partial charge in [-0.15, -0.1) is 0 Å². The Balaban J connectivity index is 0.000000161. The number of hydrogen-bond donors (Lipinski definition) is 1. The van der Waals surface area contributed by atoms with Crippen LogP contribution in [0.25, 0.3) is 43.4 Å². The van der Waals surface area contributed by atoms with Crippen molar-refractivity contribution in [3.05, 3.63) is 91.0 Å². The fraction of sp³-hybridized carbons (Fsp3) is 0.242. The summed E-state index contributed by atoms with van der Waals surface area (Å²) >= 11 is 0. The fourth-order valence-corrected chi connectivity index (χ4v) is 5.01. The number of carboxylic acid groups (broad SMARTS) is 1. The number of ether oxygens (including phenoxy) is 1. The molecule has 0 aromatic heterocycles. The number of carbonyl (C=O) groups is 1. The van der Waals surface area contributed by atoms with E-state index in [1.54, 1.807) is 0 Å². The molecule has 0 bridgehead atoms. The predicted molar refractivity (Wildman–Crippen MR) is 150 cm³/mol. The maximum atomic E-state index is 10.4. The van der Waals surface area contributed by atoms with Crippen molar-refractivity contribution in [1.82, 2.24) is 0 Å². The summed E-state index contributed by atoms with van der Waals surface area (Å²) in [7, 11) is 0. The number of hydrogen-bond acceptors (Lipinski definition) is 2. The van der Waals surface area contributed by atoms with Gasteiger partial charge in [-0.1, -0.05) is 105 Å². The third-order valence-corrected chi connectivity index (χ3v) is 6.89. The van der Waals surface area contributed by atoms with Crippen molar-refractivity contribution in [2.45, 2.75) is 44.9 Å². The lowest BCUT2D eigenvalue weighted by atomic mass is 10.1. The first-order valence-corrected chi connectivity index (χ1v) is 13.0. The molecule has 0 heterocycles. The largest absolute Gasteiger partial charge is 0.493 e. The minimum atomic E-state index is -0.691. The van der Waals surface area contributed by atoms with Gasteiger partial charge in [-0.3, -0.25) is 4.79 Å². The first-order chi connectivity index (χ1) is 17.7. The summed E-state index contributed by atoms with van der Waals surface area (Å²) < 4.78 is 5.90. The van der Waals surface area contributed by atoms with Gasteiger partial charge >= 0.3 is 5.97 Å². The molecule has 1 aliphatic rings. The molecule has 0 saturated carbocycles. The molecule has 0 amide bonds. The molecule has 5 aromatic rings. The van der Waals surface area contributed by atoms with Gasteiger partial charge in [0.05, 0.1) is 6.61 Å². The van der Waals surface area contributed by atoms with Gasteiger partial charge in [-0.25, -0.2) is 0 Å². The Hall–Kier alpha value is -3.85. The summed E-state index contributed by atoms with van der Waals surface area (Å²) in [5.74, 6) is 0.267. The molecule has 3 heteroatoms. The van der Waals surface area contributed by atoms with E-state index in [1.807, 2.05) is 24.3 Å². The Kier molecular flexibility index (Phi) is 7.47. The molecule has 3 nitrogen and oxygen atoms in total. The molecule has 1 aliphatic carbocycles. The van der Waals surface area contributed by atoms with Gasteiger partial charge in [0.1, 0.15) is 5.75 Å². The quantitative estimate of drug-likeness (QED) is 0.158. The van der Waals surface area contributed by atoms with Crippen LogP contribution in [0, 0.1) is 0 Å². The van der Waals surface area contributed by atoms with Crippen LogP contribution in [0.4, 0.5) is 0 Å². The molecule has 36 heavy (non-hydrogen) atoms. The van der Waals surface area contributed by atoms with E-state index in [4.69, 9.17) is 9.84 Å². The molecule has 0 saturated heterocycles. The first kappa shape index (κ1) is 23.9. The SMILES string of the molecule is O=C(O)CCCCCCCCOc1cccc2ccccc12.c1ccc2c3c4c-3cccc4cc2c1. The van der Waals surface area contributed by atoms with Crippen molar-refractivity contribution in [1.29, 1.82) is 0 Å². The standard InChI is InChI=1S/C19H24O3.C14H8/c20-19(21)14-5-3-1-2-4-8-15-22-18-13-9-11-16-10-6-7-12-17(16)18;1-2-6-11-9(4-1)8-10-5-3-7-12-13(10)14(11)12/h6-7,9-13H,1-5,8,14-15H2,(H,20,21);1-8H. The van der Waals surface area contributed by atoms with Crippen molar-refractivity contribution >= 4 is 38.3 Å². The van der Waals surface area contributed by atoms with Crippen LogP contribution in [0.5, 0.6) is 5.75 Å². The van der Waals surface area contributed by atoms with E-state index < -0.39 is 5.97 Å². The maximum absolute atomic E-state index is 10.4. The second kappa shape index (κ2) is 11.3. The molecular weight excluding hydrogens is 444 g/mol. The molecule has 6 rings (SSSR count). The Labute approximate surface area is 212 Å². The highest BCUT2D eigenvalue weighted by Crippen LogP contribution is 2.51. The third kappa shape index (κ3) is 5.52. The van der Waals surface area contributed by atoms with E-state index in [2.05, 4.69) is 66.7 Å². The van der Waals surface area contributed by atoms with Crippen molar-refractivity contribution in [2.24, 2.45) is 0 Å². The smallest absolute Gasteiger partial charge is 0.303 e. The van der Waals surface area contributed by atoms with Gasteiger partial charge in [0.25, 0.3) is 0 Å². The van der Waals surface area contributed by atoms with Crippen molar-refractivity contribution < 1.29 is 14.6 Å². The van der Waals surface area contributed by atoms with Gasteiger partial charge in [0.15, 0.2) is 0 Å². The molecule has 0 aliphatic heterocycles. The molecule has 0 fully saturated rings.